The van der Waals surface area contributed by atoms with Crippen LogP contribution >= 0.6 is 11.8 Å². The average Bonchev–Trinajstić information content (AvgIpc) is 2.02. The first-order valence-corrected chi connectivity index (χ1v) is 6.11. The van der Waals surface area contributed by atoms with Crippen molar-refractivity contribution in [1.29, 1.82) is 0 Å². The molecule has 1 heterocycles. The molecule has 1 aliphatic rings. The Morgan fingerprint density at radius 3 is 2.62 bits per heavy atom. The monoisotopic (exact) mass is 223 g/mol. The molecule has 0 fully saturated rings. The lowest BCUT2D eigenvalue weighted by Gasteiger charge is -2.22. The summed E-state index contributed by atoms with van der Waals surface area (Å²) in [5.41, 5.74) is 0. The molecule has 13 heavy (non-hydrogen) atoms. The standard InChI is InChI=1S/C5H9N3O3S2/c1-3-8-5(9)6-4(12-2)7-13(8,10)11/h3H2,1-2H3,(H,6,7,9). The van der Waals surface area contributed by atoms with E-state index in [1.165, 1.54) is 0 Å². The zero-order chi connectivity index (χ0) is 10.1. The van der Waals surface area contributed by atoms with Gasteiger partial charge in [0.2, 0.25) is 0 Å². The summed E-state index contributed by atoms with van der Waals surface area (Å²) in [6, 6.07) is -0.651. The molecule has 0 radical (unpaired) electrons. The van der Waals surface area contributed by atoms with Gasteiger partial charge in [0, 0.05) is 6.54 Å². The molecule has 2 amide bonds. The summed E-state index contributed by atoms with van der Waals surface area (Å²) in [7, 11) is -3.80. The average molecular weight is 223 g/mol. The molecular weight excluding hydrogens is 214 g/mol. The fourth-order valence-electron chi connectivity index (χ4n) is 0.831. The van der Waals surface area contributed by atoms with Crippen LogP contribution < -0.4 is 5.32 Å². The SMILES string of the molecule is CCN1C(=O)NC(SC)=NS1(=O)=O. The van der Waals surface area contributed by atoms with Crippen LogP contribution in [0.1, 0.15) is 6.92 Å². The number of amides is 2. The lowest BCUT2D eigenvalue weighted by molar-refractivity contribution is 0.228. The van der Waals surface area contributed by atoms with Gasteiger partial charge in [0.25, 0.3) is 0 Å². The number of nitrogens with zero attached hydrogens (tertiary/aromatic N) is 2. The predicted molar refractivity (Wildman–Crippen MR) is 50.8 cm³/mol. The summed E-state index contributed by atoms with van der Waals surface area (Å²) in [5.74, 6) is 0. The molecule has 0 aromatic rings. The van der Waals surface area contributed by atoms with Crippen LogP contribution in [0.4, 0.5) is 4.79 Å². The molecule has 74 valence electrons. The molecule has 0 bridgehead atoms. The van der Waals surface area contributed by atoms with Crippen LogP contribution in [0.15, 0.2) is 4.40 Å². The number of rotatable bonds is 1. The molecule has 0 saturated heterocycles. The summed E-state index contributed by atoms with van der Waals surface area (Å²) in [4.78, 5) is 11.2. The largest absolute Gasteiger partial charge is 0.350 e. The van der Waals surface area contributed by atoms with Gasteiger partial charge in [-0.2, -0.15) is 8.42 Å². The maximum Gasteiger partial charge on any atom is 0.350 e. The van der Waals surface area contributed by atoms with Gasteiger partial charge >= 0.3 is 16.2 Å². The number of amidine groups is 1. The Morgan fingerprint density at radius 2 is 2.23 bits per heavy atom. The molecule has 0 unspecified atom stereocenters. The Bertz CT molecular complexity index is 348. The molecule has 8 heteroatoms. The second kappa shape index (κ2) is 3.54. The van der Waals surface area contributed by atoms with Crippen LogP contribution in [-0.4, -0.2) is 36.7 Å². The van der Waals surface area contributed by atoms with E-state index in [1.807, 2.05) is 0 Å². The summed E-state index contributed by atoms with van der Waals surface area (Å²) >= 11 is 1.08. The number of carbonyl (C=O) groups is 1. The molecular formula is C5H9N3O3S2. The van der Waals surface area contributed by atoms with Crippen molar-refractivity contribution in [3.05, 3.63) is 0 Å². The Balaban J connectivity index is 3.11. The lowest BCUT2D eigenvalue weighted by Crippen LogP contribution is -2.48. The molecule has 0 atom stereocenters. The highest BCUT2D eigenvalue weighted by molar-refractivity contribution is 8.14. The van der Waals surface area contributed by atoms with Gasteiger partial charge in [0.05, 0.1) is 0 Å². The van der Waals surface area contributed by atoms with Crippen LogP contribution in [-0.2, 0) is 10.2 Å². The number of hydrogen-bond acceptors (Lipinski definition) is 4. The van der Waals surface area contributed by atoms with Crippen LogP contribution in [0.25, 0.3) is 0 Å². The minimum absolute atomic E-state index is 0.0827. The van der Waals surface area contributed by atoms with Crippen LogP contribution in [0, 0.1) is 0 Å². The van der Waals surface area contributed by atoms with E-state index in [4.69, 9.17) is 0 Å². The number of nitrogens with one attached hydrogen (secondary N) is 1. The number of hydrogen-bond donors (Lipinski definition) is 1. The maximum absolute atomic E-state index is 11.3. The first-order valence-electron chi connectivity index (χ1n) is 3.49. The third-order valence-corrected chi connectivity index (χ3v) is 3.49. The lowest BCUT2D eigenvalue weighted by atomic mass is 10.7. The van der Waals surface area contributed by atoms with E-state index < -0.39 is 16.2 Å². The second-order valence-corrected chi connectivity index (χ2v) is 4.49. The number of thioether (sulfide) groups is 1. The highest BCUT2D eigenvalue weighted by Gasteiger charge is 2.31. The fourth-order valence-corrected chi connectivity index (χ4v) is 2.54. The van der Waals surface area contributed by atoms with E-state index in [0.29, 0.717) is 4.31 Å². The quantitative estimate of drug-likeness (QED) is 0.678. The van der Waals surface area contributed by atoms with Crippen LogP contribution in [0.3, 0.4) is 0 Å². The van der Waals surface area contributed by atoms with Gasteiger partial charge < -0.3 is 0 Å². The molecule has 0 spiro atoms. The molecule has 0 aromatic heterocycles. The zero-order valence-corrected chi connectivity index (χ0v) is 8.78. The van der Waals surface area contributed by atoms with Gasteiger partial charge in [-0.05, 0) is 13.2 Å². The fraction of sp³-hybridized carbons (Fsp3) is 0.600. The highest BCUT2D eigenvalue weighted by atomic mass is 32.2. The molecule has 1 aliphatic heterocycles. The van der Waals surface area contributed by atoms with Crippen molar-refractivity contribution >= 4 is 33.2 Å². The first kappa shape index (κ1) is 10.3. The Labute approximate surface area is 80.6 Å². The minimum atomic E-state index is -3.80. The number of urea groups is 1. The smallest absolute Gasteiger partial charge is 0.285 e. The summed E-state index contributed by atoms with van der Waals surface area (Å²) in [6.45, 7) is 1.65. The minimum Gasteiger partial charge on any atom is -0.285 e. The highest BCUT2D eigenvalue weighted by Crippen LogP contribution is 2.11. The Morgan fingerprint density at radius 1 is 1.62 bits per heavy atom. The molecule has 1 N–H and O–H groups in total. The third-order valence-electron chi connectivity index (χ3n) is 1.40. The summed E-state index contributed by atoms with van der Waals surface area (Å²) < 4.78 is 26.6. The zero-order valence-electron chi connectivity index (χ0n) is 7.14. The molecule has 0 aliphatic carbocycles. The van der Waals surface area contributed by atoms with E-state index in [9.17, 15) is 13.2 Å². The van der Waals surface area contributed by atoms with E-state index in [1.54, 1.807) is 13.2 Å². The van der Waals surface area contributed by atoms with Crippen molar-refractivity contribution in [2.75, 3.05) is 12.8 Å². The van der Waals surface area contributed by atoms with Gasteiger partial charge in [0.15, 0.2) is 5.17 Å². The van der Waals surface area contributed by atoms with E-state index in [2.05, 4.69) is 9.71 Å². The normalized spacial score (nSPS) is 20.9. The van der Waals surface area contributed by atoms with Crippen LogP contribution in [0.5, 0.6) is 0 Å². The number of carbonyl (C=O) groups excluding carboxylic acids is 1. The van der Waals surface area contributed by atoms with Gasteiger partial charge in [0.1, 0.15) is 0 Å². The third kappa shape index (κ3) is 1.94. The molecule has 6 nitrogen and oxygen atoms in total. The van der Waals surface area contributed by atoms with E-state index in [0.717, 1.165) is 11.8 Å². The van der Waals surface area contributed by atoms with Crippen molar-refractivity contribution in [2.24, 2.45) is 4.40 Å². The van der Waals surface area contributed by atoms with E-state index >= 15 is 0 Å². The summed E-state index contributed by atoms with van der Waals surface area (Å²) in [6.07, 6.45) is 1.64. The van der Waals surface area contributed by atoms with E-state index in [-0.39, 0.29) is 11.7 Å². The predicted octanol–water partition coefficient (Wildman–Crippen LogP) is -0.00470. The van der Waals surface area contributed by atoms with Gasteiger partial charge in [-0.1, -0.05) is 11.8 Å². The molecule has 0 saturated carbocycles. The van der Waals surface area contributed by atoms with Gasteiger partial charge in [-0.3, -0.25) is 5.32 Å². The van der Waals surface area contributed by atoms with Crippen molar-refractivity contribution in [1.82, 2.24) is 9.62 Å². The topological polar surface area (TPSA) is 78.8 Å². The Kier molecular flexibility index (Phi) is 2.81. The first-order chi connectivity index (χ1) is 6.01. The van der Waals surface area contributed by atoms with Crippen molar-refractivity contribution in [2.45, 2.75) is 6.92 Å². The summed E-state index contributed by atoms with van der Waals surface area (Å²) in [5, 5.41) is 2.45. The van der Waals surface area contributed by atoms with Crippen LogP contribution in [0.2, 0.25) is 0 Å². The van der Waals surface area contributed by atoms with Gasteiger partial charge in [-0.25, -0.2) is 9.10 Å². The van der Waals surface area contributed by atoms with Crippen molar-refractivity contribution in [3.63, 3.8) is 0 Å². The van der Waals surface area contributed by atoms with Gasteiger partial charge in [-0.15, -0.1) is 4.40 Å². The second-order valence-electron chi connectivity index (χ2n) is 2.17. The van der Waals surface area contributed by atoms with Crippen molar-refractivity contribution in [3.8, 4) is 0 Å². The van der Waals surface area contributed by atoms with Crippen molar-refractivity contribution < 1.29 is 13.2 Å². The Hall–Kier alpha value is -0.760. The molecule has 0 aromatic carbocycles. The maximum atomic E-state index is 11.3. The molecule has 1 rings (SSSR count).